The van der Waals surface area contributed by atoms with E-state index in [1.807, 2.05) is 30.5 Å². The van der Waals surface area contributed by atoms with Gasteiger partial charge in [0.05, 0.1) is 26.4 Å². The molecule has 0 aliphatic heterocycles. The number of hydrogen-bond acceptors (Lipinski definition) is 2. The molecule has 0 unspecified atom stereocenters. The maximum Gasteiger partial charge on any atom is 0.255 e. The van der Waals surface area contributed by atoms with Gasteiger partial charge in [-0.15, -0.1) is 0 Å². The second-order valence-corrected chi connectivity index (χ2v) is 8.06. The van der Waals surface area contributed by atoms with E-state index in [4.69, 9.17) is 46.4 Å². The monoisotopic (exact) mass is 475 g/mol. The van der Waals surface area contributed by atoms with Gasteiger partial charge in [-0.3, -0.25) is 4.79 Å². The number of rotatable bonds is 4. The molecule has 4 nitrogen and oxygen atoms in total. The van der Waals surface area contributed by atoms with E-state index < -0.39 is 0 Å². The largest absolute Gasteiger partial charge is 0.322 e. The van der Waals surface area contributed by atoms with Gasteiger partial charge in [0.25, 0.3) is 5.91 Å². The molecular weight excluding hydrogens is 464 g/mol. The van der Waals surface area contributed by atoms with Crippen molar-refractivity contribution in [2.75, 3.05) is 5.32 Å². The van der Waals surface area contributed by atoms with Crippen LogP contribution in [0, 0.1) is 0 Å². The number of aromatic nitrogens is 2. The van der Waals surface area contributed by atoms with Crippen LogP contribution in [0.5, 0.6) is 0 Å². The van der Waals surface area contributed by atoms with E-state index in [0.717, 1.165) is 16.9 Å². The van der Waals surface area contributed by atoms with Crippen LogP contribution in [0.25, 0.3) is 16.9 Å². The van der Waals surface area contributed by atoms with E-state index >= 15 is 0 Å². The Bertz CT molecular complexity index is 1240. The molecule has 0 spiro atoms. The number of benzene rings is 3. The molecule has 1 N–H and O–H groups in total. The summed E-state index contributed by atoms with van der Waals surface area (Å²) >= 11 is 24.1. The number of amides is 1. The summed E-state index contributed by atoms with van der Waals surface area (Å²) in [5.41, 5.74) is 3.38. The van der Waals surface area contributed by atoms with E-state index in [0.29, 0.717) is 31.3 Å². The molecule has 0 aliphatic rings. The van der Waals surface area contributed by atoms with Crippen molar-refractivity contribution in [2.24, 2.45) is 0 Å². The number of carbonyl (C=O) groups is 1. The van der Waals surface area contributed by atoms with Crippen molar-refractivity contribution in [3.05, 3.63) is 98.6 Å². The molecule has 0 saturated carbocycles. The number of nitrogens with zero attached hydrogens (tertiary/aromatic N) is 2. The van der Waals surface area contributed by atoms with Crippen molar-refractivity contribution >= 4 is 58.0 Å². The van der Waals surface area contributed by atoms with Gasteiger partial charge in [0.2, 0.25) is 0 Å². The van der Waals surface area contributed by atoms with Crippen molar-refractivity contribution in [3.63, 3.8) is 0 Å². The molecule has 0 atom stereocenters. The Morgan fingerprint density at radius 2 is 1.57 bits per heavy atom. The molecule has 0 fully saturated rings. The highest BCUT2D eigenvalue weighted by Crippen LogP contribution is 2.29. The summed E-state index contributed by atoms with van der Waals surface area (Å²) < 4.78 is 1.71. The fraction of sp³-hybridized carbons (Fsp3) is 0. The highest BCUT2D eigenvalue weighted by Gasteiger charge is 2.10. The topological polar surface area (TPSA) is 46.9 Å². The Labute approximate surface area is 192 Å². The Kier molecular flexibility index (Phi) is 6.02. The first kappa shape index (κ1) is 20.8. The lowest BCUT2D eigenvalue weighted by Gasteiger charge is -2.07. The Morgan fingerprint density at radius 1 is 0.800 bits per heavy atom. The number of carbonyl (C=O) groups excluding carboxylic acids is 1. The maximum absolute atomic E-state index is 12.5. The van der Waals surface area contributed by atoms with Crippen LogP contribution in [-0.4, -0.2) is 15.7 Å². The molecule has 150 valence electrons. The minimum atomic E-state index is -0.256. The van der Waals surface area contributed by atoms with Gasteiger partial charge >= 0.3 is 0 Å². The SMILES string of the molecule is O=C(Nc1ccc(Cl)c(Cl)c1)c1ccc(-n2ccc(-c3ccc(Cl)cc3Cl)n2)cc1. The predicted molar refractivity (Wildman–Crippen MR) is 123 cm³/mol. The normalized spacial score (nSPS) is 10.8. The fourth-order valence-corrected chi connectivity index (χ4v) is 3.65. The minimum Gasteiger partial charge on any atom is -0.322 e. The second-order valence-electron chi connectivity index (χ2n) is 6.40. The maximum atomic E-state index is 12.5. The van der Waals surface area contributed by atoms with E-state index in [9.17, 15) is 4.79 Å². The summed E-state index contributed by atoms with van der Waals surface area (Å²) in [4.78, 5) is 12.5. The van der Waals surface area contributed by atoms with Crippen LogP contribution in [0.15, 0.2) is 72.9 Å². The predicted octanol–water partition coefficient (Wildman–Crippen LogP) is 7.41. The lowest BCUT2D eigenvalue weighted by Crippen LogP contribution is -2.12. The number of anilines is 1. The molecule has 3 aromatic carbocycles. The third kappa shape index (κ3) is 4.47. The molecule has 1 amide bonds. The minimum absolute atomic E-state index is 0.256. The van der Waals surface area contributed by atoms with Crippen LogP contribution >= 0.6 is 46.4 Å². The summed E-state index contributed by atoms with van der Waals surface area (Å²) in [7, 11) is 0. The Balaban J connectivity index is 1.51. The summed E-state index contributed by atoms with van der Waals surface area (Å²) in [5, 5.41) is 9.26. The third-order valence-electron chi connectivity index (χ3n) is 4.37. The zero-order chi connectivity index (χ0) is 21.3. The van der Waals surface area contributed by atoms with Crippen molar-refractivity contribution in [3.8, 4) is 16.9 Å². The molecule has 4 rings (SSSR count). The van der Waals surface area contributed by atoms with E-state index in [2.05, 4.69) is 10.4 Å². The molecule has 0 aliphatic carbocycles. The molecule has 0 bridgehead atoms. The Hall–Kier alpha value is -2.50. The van der Waals surface area contributed by atoms with Crippen molar-refractivity contribution in [1.29, 1.82) is 0 Å². The zero-order valence-corrected chi connectivity index (χ0v) is 18.3. The van der Waals surface area contributed by atoms with E-state index in [1.165, 1.54) is 0 Å². The summed E-state index contributed by atoms with van der Waals surface area (Å²) in [6.45, 7) is 0. The molecule has 30 heavy (non-hydrogen) atoms. The molecule has 8 heteroatoms. The van der Waals surface area contributed by atoms with Gasteiger partial charge in [-0.05, 0) is 66.7 Å². The quantitative estimate of drug-likeness (QED) is 0.333. The first-order valence-corrected chi connectivity index (χ1v) is 10.3. The highest BCUT2D eigenvalue weighted by molar-refractivity contribution is 6.42. The number of hydrogen-bond donors (Lipinski definition) is 1. The van der Waals surface area contributed by atoms with Crippen molar-refractivity contribution < 1.29 is 4.79 Å². The van der Waals surface area contributed by atoms with Crippen LogP contribution in [0.2, 0.25) is 20.1 Å². The molecule has 1 aromatic heterocycles. The van der Waals surface area contributed by atoms with Gasteiger partial charge < -0.3 is 5.32 Å². The van der Waals surface area contributed by atoms with E-state index in [1.54, 1.807) is 47.1 Å². The lowest BCUT2D eigenvalue weighted by molar-refractivity contribution is 0.102. The lowest BCUT2D eigenvalue weighted by atomic mass is 10.1. The highest BCUT2D eigenvalue weighted by atomic mass is 35.5. The van der Waals surface area contributed by atoms with Crippen LogP contribution in [-0.2, 0) is 0 Å². The van der Waals surface area contributed by atoms with Gasteiger partial charge in [-0.2, -0.15) is 5.10 Å². The van der Waals surface area contributed by atoms with Gasteiger partial charge in [0.15, 0.2) is 0 Å². The summed E-state index contributed by atoms with van der Waals surface area (Å²) in [5.74, 6) is -0.256. The fourth-order valence-electron chi connectivity index (χ4n) is 2.85. The second kappa shape index (κ2) is 8.70. The van der Waals surface area contributed by atoms with Crippen molar-refractivity contribution in [1.82, 2.24) is 9.78 Å². The number of halogens is 4. The van der Waals surface area contributed by atoms with Crippen LogP contribution in [0.4, 0.5) is 5.69 Å². The van der Waals surface area contributed by atoms with Crippen LogP contribution in [0.1, 0.15) is 10.4 Å². The van der Waals surface area contributed by atoms with Gasteiger partial charge in [0, 0.05) is 28.0 Å². The number of nitrogens with one attached hydrogen (secondary N) is 1. The zero-order valence-electron chi connectivity index (χ0n) is 15.2. The molecule has 4 aromatic rings. The van der Waals surface area contributed by atoms with Crippen LogP contribution in [0.3, 0.4) is 0 Å². The third-order valence-corrected chi connectivity index (χ3v) is 5.65. The molecule has 0 saturated heterocycles. The smallest absolute Gasteiger partial charge is 0.255 e. The molecule has 1 heterocycles. The first-order valence-electron chi connectivity index (χ1n) is 8.78. The standard InChI is InChI=1S/C22H13Cl4N3O/c23-14-3-7-17(19(25)11-14)21-9-10-29(28-21)16-5-1-13(2-6-16)22(30)27-15-4-8-18(24)20(26)12-15/h1-12H,(H,27,30). The van der Waals surface area contributed by atoms with Gasteiger partial charge in [0.1, 0.15) is 0 Å². The van der Waals surface area contributed by atoms with Gasteiger partial charge in [-0.1, -0.05) is 46.4 Å². The van der Waals surface area contributed by atoms with E-state index in [-0.39, 0.29) is 5.91 Å². The summed E-state index contributed by atoms with van der Waals surface area (Å²) in [6, 6.07) is 19.1. The first-order chi connectivity index (χ1) is 14.4. The van der Waals surface area contributed by atoms with Crippen LogP contribution < -0.4 is 5.32 Å². The average Bonchev–Trinajstić information content (AvgIpc) is 3.21. The Morgan fingerprint density at radius 3 is 2.27 bits per heavy atom. The molecule has 0 radical (unpaired) electrons. The van der Waals surface area contributed by atoms with Gasteiger partial charge in [-0.25, -0.2) is 4.68 Å². The summed E-state index contributed by atoms with van der Waals surface area (Å²) in [6.07, 6.45) is 1.82. The average molecular weight is 477 g/mol. The van der Waals surface area contributed by atoms with Crippen molar-refractivity contribution in [2.45, 2.75) is 0 Å². The molecular formula is C22H13Cl4N3O.